The smallest absolute Gasteiger partial charge is 0.326 e. The molecule has 0 spiro atoms. The normalized spacial score (nSPS) is 13.1. The van der Waals surface area contributed by atoms with Crippen LogP contribution in [0.2, 0.25) is 0 Å². The maximum absolute atomic E-state index is 11.9. The summed E-state index contributed by atoms with van der Waals surface area (Å²) in [5.74, 6) is -1.83. The molecule has 0 aliphatic carbocycles. The minimum Gasteiger partial charge on any atom is -0.480 e. The van der Waals surface area contributed by atoms with E-state index in [2.05, 4.69) is 35.0 Å². The first-order valence-electron chi connectivity index (χ1n) is 11.6. The van der Waals surface area contributed by atoms with Crippen molar-refractivity contribution in [3.63, 3.8) is 0 Å². The van der Waals surface area contributed by atoms with Crippen molar-refractivity contribution in [2.24, 2.45) is 11.8 Å². The fourth-order valence-corrected chi connectivity index (χ4v) is 3.05. The molecule has 0 aromatic heterocycles. The summed E-state index contributed by atoms with van der Waals surface area (Å²) in [5.41, 5.74) is 1.15. The molecule has 0 heterocycles. The van der Waals surface area contributed by atoms with Crippen LogP contribution in [0.3, 0.4) is 0 Å². The molecule has 0 bridgehead atoms. The van der Waals surface area contributed by atoms with Gasteiger partial charge in [0, 0.05) is 13.0 Å². The molecule has 8 nitrogen and oxygen atoms in total. The molecule has 0 saturated carbocycles. The van der Waals surface area contributed by atoms with Gasteiger partial charge in [-0.3, -0.25) is 14.4 Å². The van der Waals surface area contributed by atoms with Crippen LogP contribution in [0.25, 0.3) is 6.08 Å². The van der Waals surface area contributed by atoms with E-state index >= 15 is 0 Å². The minimum absolute atomic E-state index is 0.0433. The second-order valence-electron chi connectivity index (χ2n) is 8.63. The molecular weight excluding hydrogens is 434 g/mol. The summed E-state index contributed by atoms with van der Waals surface area (Å²) in [6.45, 7) is 5.71. The molecule has 2 atom stereocenters. The Kier molecular flexibility index (Phi) is 13.7. The van der Waals surface area contributed by atoms with E-state index in [0.29, 0.717) is 12.3 Å². The van der Waals surface area contributed by atoms with Gasteiger partial charge in [0.25, 0.3) is 0 Å². The monoisotopic (exact) mass is 471 g/mol. The van der Waals surface area contributed by atoms with E-state index in [9.17, 15) is 19.2 Å². The fraction of sp³-hybridized carbons (Fsp3) is 0.462. The van der Waals surface area contributed by atoms with Crippen LogP contribution in [-0.4, -0.2) is 47.9 Å². The minimum atomic E-state index is -1.08. The standard InChI is InChI=1S/C26H37N3O5/c1-19(2)17-22(26(33)34)29-24(31)15-16-27-25(32)18-28-23(30)12-8-7-9-20(3)13-14-21-10-5-4-6-11-21/h4-6,8,10-14,19-20,22H,7,9,15-18H2,1-3H3,(H,27,32)(H,28,30)(H,29,31)(H,33,34)/b12-8+,14-13+/t20?,22-/m0/s1. The Morgan fingerprint density at radius 2 is 1.71 bits per heavy atom. The molecule has 0 radical (unpaired) electrons. The Morgan fingerprint density at radius 3 is 2.35 bits per heavy atom. The van der Waals surface area contributed by atoms with E-state index in [-0.39, 0.29) is 31.3 Å². The van der Waals surface area contributed by atoms with Gasteiger partial charge >= 0.3 is 5.97 Å². The first-order valence-corrected chi connectivity index (χ1v) is 11.6. The van der Waals surface area contributed by atoms with E-state index in [1.807, 2.05) is 44.2 Å². The summed E-state index contributed by atoms with van der Waals surface area (Å²) in [5, 5.41) is 16.6. The van der Waals surface area contributed by atoms with E-state index in [4.69, 9.17) is 5.11 Å². The first kappa shape index (κ1) is 28.6. The zero-order valence-electron chi connectivity index (χ0n) is 20.3. The number of benzene rings is 1. The van der Waals surface area contributed by atoms with Crippen LogP contribution in [0, 0.1) is 11.8 Å². The zero-order chi connectivity index (χ0) is 25.3. The van der Waals surface area contributed by atoms with Crippen molar-refractivity contribution < 1.29 is 24.3 Å². The van der Waals surface area contributed by atoms with E-state index in [1.165, 1.54) is 6.08 Å². The lowest BCUT2D eigenvalue weighted by Gasteiger charge is -2.16. The summed E-state index contributed by atoms with van der Waals surface area (Å²) >= 11 is 0. The number of rotatable bonds is 15. The van der Waals surface area contributed by atoms with Gasteiger partial charge in [0.1, 0.15) is 6.04 Å². The number of allylic oxidation sites excluding steroid dienone is 2. The molecule has 1 rings (SSSR count). The fourth-order valence-electron chi connectivity index (χ4n) is 3.05. The molecule has 4 N–H and O–H groups in total. The summed E-state index contributed by atoms with van der Waals surface area (Å²) in [7, 11) is 0. The van der Waals surface area contributed by atoms with Crippen molar-refractivity contribution in [2.75, 3.05) is 13.1 Å². The number of nitrogens with one attached hydrogen (secondary N) is 3. The number of carbonyl (C=O) groups excluding carboxylic acids is 3. The Balaban J connectivity index is 2.19. The Hall–Kier alpha value is -3.42. The molecule has 8 heteroatoms. The second kappa shape index (κ2) is 16.2. The molecule has 0 fully saturated rings. The van der Waals surface area contributed by atoms with Crippen molar-refractivity contribution in [1.82, 2.24) is 16.0 Å². The highest BCUT2D eigenvalue weighted by atomic mass is 16.4. The van der Waals surface area contributed by atoms with Gasteiger partial charge in [-0.2, -0.15) is 0 Å². The predicted molar refractivity (Wildman–Crippen MR) is 133 cm³/mol. The molecule has 0 aliphatic heterocycles. The van der Waals surface area contributed by atoms with Gasteiger partial charge in [-0.25, -0.2) is 4.79 Å². The Labute approximate surface area is 201 Å². The lowest BCUT2D eigenvalue weighted by molar-refractivity contribution is -0.142. The summed E-state index contributed by atoms with van der Waals surface area (Å²) < 4.78 is 0. The van der Waals surface area contributed by atoms with Crippen molar-refractivity contribution in [1.29, 1.82) is 0 Å². The molecule has 1 aromatic carbocycles. The van der Waals surface area contributed by atoms with Crippen molar-refractivity contribution in [3.05, 3.63) is 54.1 Å². The lowest BCUT2D eigenvalue weighted by Crippen LogP contribution is -2.43. The SMILES string of the molecule is CC(C)C[C@H](NC(=O)CCNC(=O)CNC(=O)/C=C/CCC(C)/C=C/c1ccccc1)C(=O)O. The van der Waals surface area contributed by atoms with E-state index in [0.717, 1.165) is 18.4 Å². The summed E-state index contributed by atoms with van der Waals surface area (Å²) in [4.78, 5) is 46.7. The van der Waals surface area contributed by atoms with Gasteiger partial charge in [-0.05, 0) is 42.7 Å². The predicted octanol–water partition coefficient (Wildman–Crippen LogP) is 2.91. The molecule has 34 heavy (non-hydrogen) atoms. The van der Waals surface area contributed by atoms with Gasteiger partial charge in [0.2, 0.25) is 17.7 Å². The maximum atomic E-state index is 11.9. The van der Waals surface area contributed by atoms with Crippen molar-refractivity contribution >= 4 is 29.8 Å². The average Bonchev–Trinajstić information content (AvgIpc) is 2.79. The van der Waals surface area contributed by atoms with Crippen LogP contribution in [0.15, 0.2) is 48.6 Å². The van der Waals surface area contributed by atoms with Gasteiger partial charge in [-0.15, -0.1) is 0 Å². The van der Waals surface area contributed by atoms with Crippen LogP contribution in [0.4, 0.5) is 0 Å². The third-order valence-electron chi connectivity index (χ3n) is 4.91. The number of aliphatic carboxylic acids is 1. The third kappa shape index (κ3) is 13.9. The third-order valence-corrected chi connectivity index (χ3v) is 4.91. The topological polar surface area (TPSA) is 125 Å². The highest BCUT2D eigenvalue weighted by Crippen LogP contribution is 2.11. The largest absolute Gasteiger partial charge is 0.480 e. The molecule has 0 aliphatic rings. The van der Waals surface area contributed by atoms with Crippen molar-refractivity contribution in [3.8, 4) is 0 Å². The first-order chi connectivity index (χ1) is 16.2. The number of carboxylic acid groups (broad SMARTS) is 1. The molecule has 1 aromatic rings. The van der Waals surface area contributed by atoms with Gasteiger partial charge < -0.3 is 21.1 Å². The van der Waals surface area contributed by atoms with Crippen LogP contribution in [0.5, 0.6) is 0 Å². The van der Waals surface area contributed by atoms with E-state index < -0.39 is 23.8 Å². The quantitative estimate of drug-likeness (QED) is 0.293. The van der Waals surface area contributed by atoms with Crippen LogP contribution < -0.4 is 16.0 Å². The van der Waals surface area contributed by atoms with Gasteiger partial charge in [0.15, 0.2) is 0 Å². The molecule has 186 valence electrons. The van der Waals surface area contributed by atoms with Crippen LogP contribution in [-0.2, 0) is 19.2 Å². The maximum Gasteiger partial charge on any atom is 0.326 e. The molecular formula is C26H37N3O5. The Morgan fingerprint density at radius 1 is 1.00 bits per heavy atom. The zero-order valence-corrected chi connectivity index (χ0v) is 20.3. The van der Waals surface area contributed by atoms with Crippen molar-refractivity contribution in [2.45, 2.75) is 52.5 Å². The van der Waals surface area contributed by atoms with Gasteiger partial charge in [0.05, 0.1) is 6.54 Å². The van der Waals surface area contributed by atoms with E-state index in [1.54, 1.807) is 6.08 Å². The van der Waals surface area contributed by atoms with Crippen LogP contribution in [0.1, 0.15) is 52.0 Å². The number of carbonyl (C=O) groups is 4. The number of hydrogen-bond acceptors (Lipinski definition) is 4. The van der Waals surface area contributed by atoms with Crippen LogP contribution >= 0.6 is 0 Å². The van der Waals surface area contributed by atoms with Gasteiger partial charge in [-0.1, -0.05) is 69.3 Å². The highest BCUT2D eigenvalue weighted by Gasteiger charge is 2.20. The number of amides is 3. The number of hydrogen-bond donors (Lipinski definition) is 4. The summed E-state index contributed by atoms with van der Waals surface area (Å²) in [6, 6.07) is 9.11. The second-order valence-corrected chi connectivity index (χ2v) is 8.63. The molecule has 3 amide bonds. The molecule has 0 saturated heterocycles. The highest BCUT2D eigenvalue weighted by molar-refractivity contribution is 5.91. The Bertz CT molecular complexity index is 849. The number of carboxylic acids is 1. The average molecular weight is 472 g/mol. The summed E-state index contributed by atoms with van der Waals surface area (Å²) in [6.07, 6.45) is 9.34. The lowest BCUT2D eigenvalue weighted by atomic mass is 10.0. The molecule has 1 unspecified atom stereocenters.